The number of quaternary nitrogens is 1. The second-order valence-electron chi connectivity index (χ2n) is 7.40. The van der Waals surface area contributed by atoms with Gasteiger partial charge in [0.2, 0.25) is 0 Å². The van der Waals surface area contributed by atoms with Crippen LogP contribution in [0.25, 0.3) is 0 Å². The predicted octanol–water partition coefficient (Wildman–Crippen LogP) is 3.17. The molecule has 0 rings (SSSR count). The van der Waals surface area contributed by atoms with Crippen LogP contribution in [0.15, 0.2) is 0 Å². The van der Waals surface area contributed by atoms with Gasteiger partial charge in [-0.2, -0.15) is 0 Å². The second kappa shape index (κ2) is 15.8. The minimum atomic E-state index is -4.10. The molecule has 1 atom stereocenters. The van der Waals surface area contributed by atoms with Gasteiger partial charge in [-0.3, -0.25) is 0 Å². The lowest BCUT2D eigenvalue weighted by atomic mass is 10.1. The number of ether oxygens (including phenoxy) is 2. The first-order valence-electron chi connectivity index (χ1n) is 10.3. The first-order chi connectivity index (χ1) is 12.3. The fraction of sp³-hybridized carbons (Fsp3) is 1.00. The summed E-state index contributed by atoms with van der Waals surface area (Å²) in [6, 6.07) is 0. The molecule has 0 fully saturated rings. The Labute approximate surface area is 161 Å². The maximum atomic E-state index is 10.7. The van der Waals surface area contributed by atoms with E-state index in [9.17, 15) is 13.0 Å². The summed E-state index contributed by atoms with van der Waals surface area (Å²) in [4.78, 5) is 0. The molecule has 0 spiro atoms. The van der Waals surface area contributed by atoms with Crippen molar-refractivity contribution in [3.8, 4) is 0 Å². The van der Waals surface area contributed by atoms with Crippen LogP contribution < -0.4 is 0 Å². The predicted molar refractivity (Wildman–Crippen MR) is 105 cm³/mol. The van der Waals surface area contributed by atoms with Crippen LogP contribution in [0.5, 0.6) is 0 Å². The van der Waals surface area contributed by atoms with E-state index >= 15 is 0 Å². The van der Waals surface area contributed by atoms with Crippen molar-refractivity contribution in [2.75, 3.05) is 58.9 Å². The van der Waals surface area contributed by atoms with Crippen molar-refractivity contribution in [3.05, 3.63) is 0 Å². The highest BCUT2D eigenvalue weighted by atomic mass is 32.2. The number of hydrogen-bond acceptors (Lipinski definition) is 5. The van der Waals surface area contributed by atoms with Crippen molar-refractivity contribution >= 4 is 10.1 Å². The first kappa shape index (κ1) is 25.8. The molecule has 0 aliphatic rings. The zero-order chi connectivity index (χ0) is 19.7. The van der Waals surface area contributed by atoms with Crippen LogP contribution in [0.4, 0.5) is 0 Å². The van der Waals surface area contributed by atoms with Gasteiger partial charge in [0.15, 0.2) is 0 Å². The molecule has 1 unspecified atom stereocenters. The maximum absolute atomic E-state index is 10.7. The highest BCUT2D eigenvalue weighted by molar-refractivity contribution is 7.85. The molecule has 0 aliphatic carbocycles. The lowest BCUT2D eigenvalue weighted by Crippen LogP contribution is -2.48. The summed E-state index contributed by atoms with van der Waals surface area (Å²) in [6.07, 6.45) is 8.29. The number of nitrogens with zero attached hydrogens (tertiary/aromatic N) is 1. The normalized spacial score (nSPS) is 14.5. The van der Waals surface area contributed by atoms with Crippen LogP contribution in [0.1, 0.15) is 65.2 Å². The van der Waals surface area contributed by atoms with E-state index in [0.29, 0.717) is 26.2 Å². The van der Waals surface area contributed by atoms with Gasteiger partial charge in [0.05, 0.1) is 50.1 Å². The van der Waals surface area contributed by atoms with Crippen LogP contribution in [-0.4, -0.2) is 76.3 Å². The van der Waals surface area contributed by atoms with E-state index in [2.05, 4.69) is 20.9 Å². The summed E-state index contributed by atoms with van der Waals surface area (Å²) in [5.74, 6) is -0.256. The Morgan fingerprint density at radius 3 is 1.88 bits per heavy atom. The third kappa shape index (κ3) is 17.2. The molecule has 0 aromatic carbocycles. The molecule has 0 aromatic rings. The van der Waals surface area contributed by atoms with E-state index in [1.807, 2.05) is 0 Å². The Morgan fingerprint density at radius 1 is 0.731 bits per heavy atom. The smallest absolute Gasteiger partial charge is 0.102 e. The van der Waals surface area contributed by atoms with Gasteiger partial charge < -0.3 is 18.5 Å². The van der Waals surface area contributed by atoms with Crippen LogP contribution in [0, 0.1) is 0 Å². The molecule has 6 nitrogen and oxygen atoms in total. The molecule has 0 radical (unpaired) electrons. The number of likely N-dealkylation sites (N-methyl/N-ethyl adjacent to an activating group) is 1. The third-order valence-electron chi connectivity index (χ3n) is 4.68. The first-order valence-corrected chi connectivity index (χ1v) is 11.8. The Morgan fingerprint density at radius 2 is 1.31 bits per heavy atom. The summed E-state index contributed by atoms with van der Waals surface area (Å²) >= 11 is 0. The Balaban J connectivity index is 4.10. The molecule has 0 amide bonds. The van der Waals surface area contributed by atoms with Gasteiger partial charge in [-0.15, -0.1) is 0 Å². The number of rotatable bonds is 19. The fourth-order valence-corrected chi connectivity index (χ4v) is 3.44. The van der Waals surface area contributed by atoms with Crippen LogP contribution in [0.3, 0.4) is 0 Å². The summed E-state index contributed by atoms with van der Waals surface area (Å²) in [5.41, 5.74) is 0. The molecule has 0 bridgehead atoms. The molecule has 26 heavy (non-hydrogen) atoms. The van der Waals surface area contributed by atoms with E-state index < -0.39 is 10.1 Å². The molecule has 0 heterocycles. The second-order valence-corrected chi connectivity index (χ2v) is 8.92. The Hall–Kier alpha value is -0.210. The molecule has 158 valence electrons. The number of hydrogen-bond donors (Lipinski definition) is 0. The third-order valence-corrected chi connectivity index (χ3v) is 5.47. The molecule has 0 N–H and O–H groups in total. The van der Waals surface area contributed by atoms with Crippen molar-refractivity contribution < 1.29 is 26.9 Å². The minimum Gasteiger partial charge on any atom is -0.748 e. The van der Waals surface area contributed by atoms with E-state index in [-0.39, 0.29) is 5.75 Å². The molecule has 0 aliphatic heterocycles. The lowest BCUT2D eigenvalue weighted by molar-refractivity contribution is -0.910. The van der Waals surface area contributed by atoms with Crippen LogP contribution >= 0.6 is 0 Å². The standard InChI is InChI=1S/C19H41NO5S/c1-4-6-8-9-12-20(3,13-10-11-19-26(21,22)23)14-16-25-18-17-24-15-7-5-2/h4-19H2,1-3H3. The van der Waals surface area contributed by atoms with Crippen LogP contribution in [0.2, 0.25) is 0 Å². The van der Waals surface area contributed by atoms with Crippen molar-refractivity contribution in [2.24, 2.45) is 0 Å². The van der Waals surface area contributed by atoms with E-state index in [1.54, 1.807) is 0 Å². The zero-order valence-electron chi connectivity index (χ0n) is 17.2. The Bertz CT molecular complexity index is 416. The zero-order valence-corrected chi connectivity index (χ0v) is 18.0. The van der Waals surface area contributed by atoms with Crippen molar-refractivity contribution in [2.45, 2.75) is 65.2 Å². The quantitative estimate of drug-likeness (QED) is 0.191. The number of unbranched alkanes of at least 4 members (excludes halogenated alkanes) is 5. The lowest BCUT2D eigenvalue weighted by Gasteiger charge is -2.35. The van der Waals surface area contributed by atoms with Gasteiger partial charge in [-0.25, -0.2) is 8.42 Å². The average molecular weight is 396 g/mol. The van der Waals surface area contributed by atoms with E-state index in [4.69, 9.17) is 9.47 Å². The van der Waals surface area contributed by atoms with Gasteiger partial charge in [0.1, 0.15) is 6.54 Å². The summed E-state index contributed by atoms with van der Waals surface area (Å²) in [7, 11) is -1.89. The maximum Gasteiger partial charge on any atom is 0.102 e. The van der Waals surface area contributed by atoms with E-state index in [1.165, 1.54) is 25.7 Å². The molecule has 0 aromatic heterocycles. The van der Waals surface area contributed by atoms with Gasteiger partial charge in [0.25, 0.3) is 0 Å². The monoisotopic (exact) mass is 395 g/mol. The highest BCUT2D eigenvalue weighted by Gasteiger charge is 2.20. The summed E-state index contributed by atoms with van der Waals surface area (Å²) in [6.45, 7) is 9.95. The topological polar surface area (TPSA) is 75.7 Å². The molecule has 7 heteroatoms. The largest absolute Gasteiger partial charge is 0.748 e. The average Bonchev–Trinajstić information content (AvgIpc) is 2.57. The molecular formula is C19H41NO5S. The fourth-order valence-electron chi connectivity index (χ4n) is 2.88. The van der Waals surface area contributed by atoms with Crippen molar-refractivity contribution in [3.63, 3.8) is 0 Å². The SMILES string of the molecule is CCCCCC[N+](C)(CCCCS(=O)(=O)[O-])CCOCCOCCCC. The van der Waals surface area contributed by atoms with Crippen LogP contribution in [-0.2, 0) is 19.6 Å². The highest BCUT2D eigenvalue weighted by Crippen LogP contribution is 2.11. The van der Waals surface area contributed by atoms with Crippen molar-refractivity contribution in [1.29, 1.82) is 0 Å². The van der Waals surface area contributed by atoms with Gasteiger partial charge in [-0.1, -0.05) is 33.1 Å². The Kier molecular flexibility index (Phi) is 15.7. The molecule has 0 saturated carbocycles. The minimum absolute atomic E-state index is 0.256. The van der Waals surface area contributed by atoms with Gasteiger partial charge in [-0.05, 0) is 32.1 Å². The van der Waals surface area contributed by atoms with E-state index in [0.717, 1.165) is 50.0 Å². The molecule has 0 saturated heterocycles. The summed E-state index contributed by atoms with van der Waals surface area (Å²) in [5, 5.41) is 0. The van der Waals surface area contributed by atoms with Gasteiger partial charge >= 0.3 is 0 Å². The van der Waals surface area contributed by atoms with Crippen molar-refractivity contribution in [1.82, 2.24) is 0 Å². The summed E-state index contributed by atoms with van der Waals surface area (Å²) < 4.78 is 44.3. The molecular weight excluding hydrogens is 354 g/mol. The van der Waals surface area contributed by atoms with Gasteiger partial charge in [0, 0.05) is 12.4 Å².